The maximum atomic E-state index is 10.8. The topological polar surface area (TPSA) is 86.6 Å². The number of oxime groups is 1. The predicted molar refractivity (Wildman–Crippen MR) is 125 cm³/mol. The first kappa shape index (κ1) is 23.7. The minimum Gasteiger partial charge on any atom is -0.496 e. The molecule has 3 aromatic rings. The van der Waals surface area contributed by atoms with Crippen LogP contribution in [-0.4, -0.2) is 37.6 Å². The van der Waals surface area contributed by atoms with Gasteiger partial charge in [-0.15, -0.1) is 0 Å². The molecular weight excluding hydrogens is 422 g/mol. The molecule has 33 heavy (non-hydrogen) atoms. The highest BCUT2D eigenvalue weighted by Gasteiger charge is 2.09. The Morgan fingerprint density at radius 3 is 2.30 bits per heavy atom. The van der Waals surface area contributed by atoms with Crippen molar-refractivity contribution in [3.05, 3.63) is 89.5 Å². The van der Waals surface area contributed by atoms with Crippen molar-refractivity contribution in [2.24, 2.45) is 5.16 Å². The highest BCUT2D eigenvalue weighted by Crippen LogP contribution is 2.26. The Balaban J connectivity index is 1.55. The summed E-state index contributed by atoms with van der Waals surface area (Å²) in [4.78, 5) is 15.7. The molecule has 0 amide bonds. The third-order valence-corrected chi connectivity index (χ3v) is 4.88. The number of hydrogen-bond acceptors (Lipinski definition) is 6. The molecular formula is C26H27NO6. The van der Waals surface area contributed by atoms with Crippen LogP contribution in [-0.2, 0) is 22.7 Å². The summed E-state index contributed by atoms with van der Waals surface area (Å²) >= 11 is 0. The average Bonchev–Trinajstić information content (AvgIpc) is 2.85. The molecule has 0 aliphatic heterocycles. The first-order chi connectivity index (χ1) is 16.1. The van der Waals surface area contributed by atoms with E-state index in [1.54, 1.807) is 13.2 Å². The number of aryl methyl sites for hydroxylation is 1. The van der Waals surface area contributed by atoms with Gasteiger partial charge < -0.3 is 24.2 Å². The van der Waals surface area contributed by atoms with E-state index >= 15 is 0 Å². The number of carboxylic acids is 1. The molecule has 0 bridgehead atoms. The van der Waals surface area contributed by atoms with E-state index in [9.17, 15) is 4.79 Å². The van der Waals surface area contributed by atoms with E-state index in [1.807, 2.05) is 66.7 Å². The van der Waals surface area contributed by atoms with Gasteiger partial charge in [0, 0.05) is 18.1 Å². The van der Waals surface area contributed by atoms with Crippen LogP contribution in [0.4, 0.5) is 0 Å². The van der Waals surface area contributed by atoms with Crippen molar-refractivity contribution in [3.63, 3.8) is 0 Å². The fourth-order valence-electron chi connectivity index (χ4n) is 3.17. The van der Waals surface area contributed by atoms with Gasteiger partial charge in [-0.05, 0) is 35.7 Å². The summed E-state index contributed by atoms with van der Waals surface area (Å²) in [7, 11) is 3.07. The molecule has 3 rings (SSSR count). The molecule has 0 radical (unpaired) electrons. The summed E-state index contributed by atoms with van der Waals surface area (Å²) in [6.07, 6.45) is 0.455. The van der Waals surface area contributed by atoms with Crippen LogP contribution in [0.2, 0.25) is 0 Å². The quantitative estimate of drug-likeness (QED) is 0.318. The van der Waals surface area contributed by atoms with Gasteiger partial charge in [-0.1, -0.05) is 53.7 Å². The van der Waals surface area contributed by atoms with Crippen LogP contribution >= 0.6 is 0 Å². The molecule has 172 valence electrons. The van der Waals surface area contributed by atoms with E-state index in [1.165, 1.54) is 7.11 Å². The molecule has 0 spiro atoms. The summed E-state index contributed by atoms with van der Waals surface area (Å²) in [5.74, 6) is 1.13. The SMILES string of the molecule is CO/N=C(\COc1ccc(COc2ccc(CCC(=O)O)c(OC)c2)cc1)c1ccccc1. The lowest BCUT2D eigenvalue weighted by atomic mass is 10.1. The summed E-state index contributed by atoms with van der Waals surface area (Å²) in [6, 6.07) is 22.8. The van der Waals surface area contributed by atoms with Gasteiger partial charge in [0.15, 0.2) is 0 Å². The number of carboxylic acid groups (broad SMARTS) is 1. The number of benzene rings is 3. The van der Waals surface area contributed by atoms with Gasteiger partial charge in [-0.25, -0.2) is 0 Å². The fraction of sp³-hybridized carbons (Fsp3) is 0.231. The van der Waals surface area contributed by atoms with Crippen LogP contribution in [0.1, 0.15) is 23.1 Å². The van der Waals surface area contributed by atoms with E-state index in [0.29, 0.717) is 36.0 Å². The van der Waals surface area contributed by atoms with Crippen LogP contribution in [0.15, 0.2) is 78.0 Å². The lowest BCUT2D eigenvalue weighted by molar-refractivity contribution is -0.136. The first-order valence-corrected chi connectivity index (χ1v) is 10.5. The van der Waals surface area contributed by atoms with Crippen molar-refractivity contribution in [3.8, 4) is 17.2 Å². The molecule has 0 saturated carbocycles. The van der Waals surface area contributed by atoms with E-state index in [0.717, 1.165) is 16.7 Å². The summed E-state index contributed by atoms with van der Waals surface area (Å²) in [5, 5.41) is 12.9. The Morgan fingerprint density at radius 2 is 1.64 bits per heavy atom. The van der Waals surface area contributed by atoms with Crippen LogP contribution < -0.4 is 14.2 Å². The van der Waals surface area contributed by atoms with Crippen LogP contribution in [0.25, 0.3) is 0 Å². The molecule has 0 aliphatic carbocycles. The molecule has 0 aromatic heterocycles. The van der Waals surface area contributed by atoms with Gasteiger partial charge in [0.05, 0.1) is 7.11 Å². The van der Waals surface area contributed by atoms with Gasteiger partial charge in [-0.2, -0.15) is 0 Å². The van der Waals surface area contributed by atoms with Crippen molar-refractivity contribution in [1.82, 2.24) is 0 Å². The summed E-state index contributed by atoms with van der Waals surface area (Å²) in [5.41, 5.74) is 3.45. The molecule has 0 atom stereocenters. The number of carbonyl (C=O) groups is 1. The number of methoxy groups -OCH3 is 1. The monoisotopic (exact) mass is 449 g/mol. The maximum Gasteiger partial charge on any atom is 0.303 e. The van der Waals surface area contributed by atoms with Gasteiger partial charge >= 0.3 is 5.97 Å². The van der Waals surface area contributed by atoms with Crippen molar-refractivity contribution in [2.75, 3.05) is 20.8 Å². The van der Waals surface area contributed by atoms with Gasteiger partial charge in [0.25, 0.3) is 0 Å². The molecule has 0 heterocycles. The van der Waals surface area contributed by atoms with Crippen LogP contribution in [0.5, 0.6) is 17.2 Å². The molecule has 0 aliphatic rings. The Labute approximate surface area is 193 Å². The standard InChI is InChI=1S/C26H27NO6/c1-30-25-16-23(14-10-21(25)11-15-26(28)29)32-17-19-8-12-22(13-9-19)33-18-24(27-31-2)20-6-4-3-5-7-20/h3-10,12-14,16H,11,15,17-18H2,1-2H3,(H,28,29)/b27-24+. The van der Waals surface area contributed by atoms with Gasteiger partial charge in [-0.3, -0.25) is 4.79 Å². The Morgan fingerprint density at radius 1 is 0.909 bits per heavy atom. The lowest BCUT2D eigenvalue weighted by Crippen LogP contribution is -2.13. The molecule has 3 aromatic carbocycles. The number of hydrogen-bond donors (Lipinski definition) is 1. The van der Waals surface area contributed by atoms with E-state index in [2.05, 4.69) is 5.16 Å². The second kappa shape index (κ2) is 12.1. The maximum absolute atomic E-state index is 10.8. The lowest BCUT2D eigenvalue weighted by Gasteiger charge is -2.12. The normalized spacial score (nSPS) is 11.0. The largest absolute Gasteiger partial charge is 0.496 e. The first-order valence-electron chi connectivity index (χ1n) is 10.5. The molecule has 7 nitrogen and oxygen atoms in total. The van der Waals surface area contributed by atoms with Gasteiger partial charge in [0.2, 0.25) is 0 Å². The molecule has 0 saturated heterocycles. The van der Waals surface area contributed by atoms with Crippen LogP contribution in [0.3, 0.4) is 0 Å². The fourth-order valence-corrected chi connectivity index (χ4v) is 3.17. The van der Waals surface area contributed by atoms with E-state index < -0.39 is 5.97 Å². The molecule has 0 fully saturated rings. The minimum atomic E-state index is -0.841. The van der Waals surface area contributed by atoms with Crippen LogP contribution in [0, 0.1) is 0 Å². The zero-order chi connectivity index (χ0) is 23.5. The summed E-state index contributed by atoms with van der Waals surface area (Å²) < 4.78 is 17.1. The van der Waals surface area contributed by atoms with Crippen molar-refractivity contribution >= 4 is 11.7 Å². The Bertz CT molecular complexity index is 1060. The smallest absolute Gasteiger partial charge is 0.303 e. The van der Waals surface area contributed by atoms with Gasteiger partial charge in [0.1, 0.15) is 43.3 Å². The predicted octanol–water partition coefficient (Wildman–Crippen LogP) is 4.72. The highest BCUT2D eigenvalue weighted by atomic mass is 16.6. The van der Waals surface area contributed by atoms with Crippen molar-refractivity contribution in [2.45, 2.75) is 19.4 Å². The molecule has 0 unspecified atom stereocenters. The Kier molecular flexibility index (Phi) is 8.71. The van der Waals surface area contributed by atoms with E-state index in [-0.39, 0.29) is 13.0 Å². The van der Waals surface area contributed by atoms with Crippen molar-refractivity contribution < 1.29 is 28.9 Å². The third kappa shape index (κ3) is 7.28. The second-order valence-corrected chi connectivity index (χ2v) is 7.18. The zero-order valence-corrected chi connectivity index (χ0v) is 18.7. The Hall–Kier alpha value is -4.00. The number of nitrogens with zero attached hydrogens (tertiary/aromatic N) is 1. The number of aliphatic carboxylic acids is 1. The number of rotatable bonds is 12. The summed E-state index contributed by atoms with van der Waals surface area (Å²) in [6.45, 7) is 0.653. The van der Waals surface area contributed by atoms with Crippen molar-refractivity contribution in [1.29, 1.82) is 0 Å². The second-order valence-electron chi connectivity index (χ2n) is 7.18. The zero-order valence-electron chi connectivity index (χ0n) is 18.7. The highest BCUT2D eigenvalue weighted by molar-refractivity contribution is 6.01. The van der Waals surface area contributed by atoms with E-state index in [4.69, 9.17) is 24.2 Å². The molecule has 1 N–H and O–H groups in total. The molecule has 7 heteroatoms. The third-order valence-electron chi connectivity index (χ3n) is 4.88. The number of ether oxygens (including phenoxy) is 3. The average molecular weight is 450 g/mol. The minimum absolute atomic E-state index is 0.0507.